The summed E-state index contributed by atoms with van der Waals surface area (Å²) in [4.78, 5) is 26.5. The van der Waals surface area contributed by atoms with E-state index in [0.29, 0.717) is 26.5 Å². The molecule has 1 saturated heterocycles. The summed E-state index contributed by atoms with van der Waals surface area (Å²) in [5.41, 5.74) is 1.63. The highest BCUT2D eigenvalue weighted by Crippen LogP contribution is 2.35. The number of benzene rings is 2. The zero-order valence-corrected chi connectivity index (χ0v) is 18.6. The lowest BCUT2D eigenvalue weighted by molar-refractivity contribution is -0.123. The standard InChI is InChI=1S/C21H12BrCl2NO3S/c22-14-3-1-2-13(9-14)18-7-5-15(28-18)10-19-20(26)25(21(27)29-19)11-12-4-6-16(23)17(24)8-12/h1-10H,11H2/b19-10-. The normalized spacial score (nSPS) is 15.6. The maximum atomic E-state index is 12.7. The molecule has 2 heterocycles. The Morgan fingerprint density at radius 1 is 1.03 bits per heavy atom. The van der Waals surface area contributed by atoms with E-state index in [1.165, 1.54) is 4.90 Å². The summed E-state index contributed by atoms with van der Waals surface area (Å²) in [6.45, 7) is 0.125. The van der Waals surface area contributed by atoms with Gasteiger partial charge in [-0.3, -0.25) is 14.5 Å². The van der Waals surface area contributed by atoms with Crippen LogP contribution in [0.25, 0.3) is 17.4 Å². The third-order valence-electron chi connectivity index (χ3n) is 4.21. The fourth-order valence-corrected chi connectivity index (χ4v) is 4.35. The monoisotopic (exact) mass is 507 g/mol. The SMILES string of the molecule is O=C1S/C(=C\c2ccc(-c3cccc(Br)c3)o2)C(=O)N1Cc1ccc(Cl)c(Cl)c1. The summed E-state index contributed by atoms with van der Waals surface area (Å²) < 4.78 is 6.77. The molecule has 1 aromatic heterocycles. The van der Waals surface area contributed by atoms with Crippen LogP contribution in [0.1, 0.15) is 11.3 Å². The van der Waals surface area contributed by atoms with E-state index < -0.39 is 0 Å². The zero-order valence-electron chi connectivity index (χ0n) is 14.7. The fraction of sp³-hybridized carbons (Fsp3) is 0.0476. The van der Waals surface area contributed by atoms with Crippen LogP contribution in [0.3, 0.4) is 0 Å². The number of amides is 2. The largest absolute Gasteiger partial charge is 0.457 e. The molecular formula is C21H12BrCl2NO3S. The van der Waals surface area contributed by atoms with E-state index in [1.807, 2.05) is 30.3 Å². The second-order valence-electron chi connectivity index (χ2n) is 6.23. The molecule has 1 aliphatic rings. The Bertz CT molecular complexity index is 1160. The molecule has 2 aromatic carbocycles. The Balaban J connectivity index is 1.54. The summed E-state index contributed by atoms with van der Waals surface area (Å²) in [6, 6.07) is 16.3. The molecular weight excluding hydrogens is 497 g/mol. The summed E-state index contributed by atoms with van der Waals surface area (Å²) in [6.07, 6.45) is 1.58. The summed E-state index contributed by atoms with van der Waals surface area (Å²) in [5, 5.41) is 0.456. The average molecular weight is 509 g/mol. The van der Waals surface area contributed by atoms with Crippen LogP contribution in [0.15, 0.2) is 68.4 Å². The smallest absolute Gasteiger partial charge is 0.293 e. The number of imide groups is 1. The van der Waals surface area contributed by atoms with Crippen LogP contribution in [-0.2, 0) is 11.3 Å². The van der Waals surface area contributed by atoms with Crippen LogP contribution in [-0.4, -0.2) is 16.0 Å². The molecule has 1 fully saturated rings. The van der Waals surface area contributed by atoms with Crippen LogP contribution in [0.4, 0.5) is 4.79 Å². The number of carbonyl (C=O) groups excluding carboxylic acids is 2. The lowest BCUT2D eigenvalue weighted by Crippen LogP contribution is -2.27. The predicted molar refractivity (Wildman–Crippen MR) is 120 cm³/mol. The maximum Gasteiger partial charge on any atom is 0.293 e. The van der Waals surface area contributed by atoms with Crippen molar-refractivity contribution in [3.63, 3.8) is 0 Å². The van der Waals surface area contributed by atoms with E-state index in [0.717, 1.165) is 27.4 Å². The van der Waals surface area contributed by atoms with E-state index in [9.17, 15) is 9.59 Å². The van der Waals surface area contributed by atoms with Gasteiger partial charge in [0.1, 0.15) is 11.5 Å². The third-order valence-corrected chi connectivity index (χ3v) is 6.35. The number of furan rings is 1. The van der Waals surface area contributed by atoms with Crippen LogP contribution in [0.2, 0.25) is 10.0 Å². The Morgan fingerprint density at radius 2 is 1.86 bits per heavy atom. The first-order valence-electron chi connectivity index (χ1n) is 8.46. The van der Waals surface area contributed by atoms with Crippen molar-refractivity contribution in [2.24, 2.45) is 0 Å². The minimum Gasteiger partial charge on any atom is -0.457 e. The molecule has 146 valence electrons. The summed E-state index contributed by atoms with van der Waals surface area (Å²) in [5.74, 6) is 0.805. The molecule has 3 aromatic rings. The van der Waals surface area contributed by atoms with E-state index in [4.69, 9.17) is 27.6 Å². The molecule has 4 nitrogen and oxygen atoms in total. The zero-order chi connectivity index (χ0) is 20.5. The highest BCUT2D eigenvalue weighted by Gasteiger charge is 2.35. The number of halogens is 3. The van der Waals surface area contributed by atoms with Gasteiger partial charge in [0, 0.05) is 16.1 Å². The van der Waals surface area contributed by atoms with Gasteiger partial charge in [0.05, 0.1) is 21.5 Å². The van der Waals surface area contributed by atoms with Gasteiger partial charge in [-0.1, -0.05) is 57.3 Å². The summed E-state index contributed by atoms with van der Waals surface area (Å²) >= 11 is 16.3. The number of thioether (sulfide) groups is 1. The highest BCUT2D eigenvalue weighted by atomic mass is 79.9. The third kappa shape index (κ3) is 4.46. The van der Waals surface area contributed by atoms with Crippen molar-refractivity contribution < 1.29 is 14.0 Å². The second kappa shape index (κ2) is 8.40. The second-order valence-corrected chi connectivity index (χ2v) is 8.95. The van der Waals surface area contributed by atoms with E-state index in [2.05, 4.69) is 15.9 Å². The van der Waals surface area contributed by atoms with Gasteiger partial charge < -0.3 is 4.42 Å². The van der Waals surface area contributed by atoms with Gasteiger partial charge in [-0.25, -0.2) is 0 Å². The van der Waals surface area contributed by atoms with Gasteiger partial charge in [0.25, 0.3) is 11.1 Å². The highest BCUT2D eigenvalue weighted by molar-refractivity contribution is 9.10. The number of carbonyl (C=O) groups is 2. The Hall–Kier alpha value is -1.99. The number of hydrogen-bond donors (Lipinski definition) is 0. The molecule has 0 bridgehead atoms. The number of hydrogen-bond acceptors (Lipinski definition) is 4. The van der Waals surface area contributed by atoms with Gasteiger partial charge in [0.2, 0.25) is 0 Å². The van der Waals surface area contributed by atoms with Crippen molar-refractivity contribution >= 4 is 68.1 Å². The van der Waals surface area contributed by atoms with E-state index >= 15 is 0 Å². The van der Waals surface area contributed by atoms with Crippen molar-refractivity contribution in [2.45, 2.75) is 6.54 Å². The Morgan fingerprint density at radius 3 is 2.62 bits per heavy atom. The first kappa shape index (κ1) is 20.3. The molecule has 0 aliphatic carbocycles. The molecule has 0 spiro atoms. The first-order chi connectivity index (χ1) is 13.9. The topological polar surface area (TPSA) is 50.5 Å². The molecule has 0 radical (unpaired) electrons. The molecule has 0 saturated carbocycles. The maximum absolute atomic E-state index is 12.7. The average Bonchev–Trinajstić information content (AvgIpc) is 3.25. The minimum atomic E-state index is -0.369. The Kier molecular flexibility index (Phi) is 5.88. The van der Waals surface area contributed by atoms with Crippen molar-refractivity contribution in [1.29, 1.82) is 0 Å². The summed E-state index contributed by atoms with van der Waals surface area (Å²) in [7, 11) is 0. The van der Waals surface area contributed by atoms with Gasteiger partial charge >= 0.3 is 0 Å². The molecule has 29 heavy (non-hydrogen) atoms. The number of nitrogens with zero attached hydrogens (tertiary/aromatic N) is 1. The Labute approximate surface area is 189 Å². The van der Waals surface area contributed by atoms with Gasteiger partial charge in [-0.05, 0) is 53.7 Å². The quantitative estimate of drug-likeness (QED) is 0.348. The van der Waals surface area contributed by atoms with Crippen molar-refractivity contribution in [2.75, 3.05) is 0 Å². The van der Waals surface area contributed by atoms with Crippen LogP contribution in [0.5, 0.6) is 0 Å². The molecule has 4 rings (SSSR count). The minimum absolute atomic E-state index is 0.125. The van der Waals surface area contributed by atoms with Gasteiger partial charge in [0.15, 0.2) is 0 Å². The van der Waals surface area contributed by atoms with Crippen molar-refractivity contribution in [1.82, 2.24) is 4.90 Å². The first-order valence-corrected chi connectivity index (χ1v) is 10.8. The molecule has 1 aliphatic heterocycles. The molecule has 8 heteroatoms. The molecule has 0 unspecified atom stereocenters. The van der Waals surface area contributed by atoms with E-state index in [1.54, 1.807) is 30.3 Å². The van der Waals surface area contributed by atoms with Crippen LogP contribution in [0, 0.1) is 0 Å². The molecule has 0 N–H and O–H groups in total. The fourth-order valence-electron chi connectivity index (χ4n) is 2.81. The van der Waals surface area contributed by atoms with Crippen LogP contribution >= 0.6 is 50.9 Å². The van der Waals surface area contributed by atoms with Crippen molar-refractivity contribution in [3.05, 3.63) is 85.3 Å². The lowest BCUT2D eigenvalue weighted by Gasteiger charge is -2.12. The van der Waals surface area contributed by atoms with Gasteiger partial charge in [-0.2, -0.15) is 0 Å². The molecule has 0 atom stereocenters. The van der Waals surface area contributed by atoms with Crippen LogP contribution < -0.4 is 0 Å². The molecule has 2 amide bonds. The van der Waals surface area contributed by atoms with E-state index in [-0.39, 0.29) is 17.7 Å². The number of rotatable bonds is 4. The van der Waals surface area contributed by atoms with Gasteiger partial charge in [-0.15, -0.1) is 0 Å². The van der Waals surface area contributed by atoms with Crippen molar-refractivity contribution in [3.8, 4) is 11.3 Å². The lowest BCUT2D eigenvalue weighted by atomic mass is 10.2. The predicted octanol–water partition coefficient (Wildman–Crippen LogP) is 7.25.